The van der Waals surface area contributed by atoms with Crippen LogP contribution in [0.4, 0.5) is 5.69 Å². The number of anilines is 1. The van der Waals surface area contributed by atoms with Gasteiger partial charge >= 0.3 is 0 Å². The number of phenols is 1. The molecule has 47 heavy (non-hydrogen) atoms. The third kappa shape index (κ3) is 4.68. The molecule has 3 aromatic carbocycles. The SMILES string of the molecule is CCOc1cc(C2C3=CCC4C(=O)NC(=O)C4C3CC3C(=O)N(Nc4ccc(Cl)cc4Cl)C(=O)C32c2ccc(OC)cc2)ccc1O. The van der Waals surface area contributed by atoms with Crippen LogP contribution in [0, 0.1) is 23.7 Å². The number of benzene rings is 3. The summed E-state index contributed by atoms with van der Waals surface area (Å²) in [5, 5.41) is 14.7. The molecule has 0 radical (unpaired) electrons. The Kier molecular flexibility index (Phi) is 7.68. The molecule has 0 aromatic heterocycles. The number of halogens is 2. The minimum atomic E-state index is -1.51. The zero-order chi connectivity index (χ0) is 33.2. The highest BCUT2D eigenvalue weighted by Gasteiger charge is 2.70. The van der Waals surface area contributed by atoms with Crippen molar-refractivity contribution >= 4 is 52.5 Å². The number of ether oxygens (including phenoxy) is 2. The van der Waals surface area contributed by atoms with Crippen LogP contribution < -0.4 is 20.2 Å². The monoisotopic (exact) mass is 675 g/mol. The normalized spacial score (nSPS) is 27.9. The molecule has 1 saturated carbocycles. The molecular formula is C35H31Cl2N3O7. The summed E-state index contributed by atoms with van der Waals surface area (Å²) in [5.74, 6) is -4.56. The molecule has 0 spiro atoms. The number of hydrogen-bond acceptors (Lipinski definition) is 8. The minimum Gasteiger partial charge on any atom is -0.504 e. The number of hydrogen-bond donors (Lipinski definition) is 3. The summed E-state index contributed by atoms with van der Waals surface area (Å²) in [4.78, 5) is 56.0. The molecule has 2 aliphatic heterocycles. The van der Waals surface area contributed by atoms with Crippen molar-refractivity contribution in [1.29, 1.82) is 0 Å². The first-order valence-corrected chi connectivity index (χ1v) is 16.1. The second-order valence-corrected chi connectivity index (χ2v) is 13.1. The molecule has 2 heterocycles. The largest absolute Gasteiger partial charge is 0.504 e. The van der Waals surface area contributed by atoms with E-state index in [-0.39, 0.29) is 41.4 Å². The fourth-order valence-electron chi connectivity index (χ4n) is 8.11. The van der Waals surface area contributed by atoms with Gasteiger partial charge in [0, 0.05) is 10.9 Å². The number of imide groups is 2. The maximum atomic E-state index is 15.2. The number of methoxy groups -OCH3 is 1. The van der Waals surface area contributed by atoms with Gasteiger partial charge in [0.05, 0.1) is 47.6 Å². The van der Waals surface area contributed by atoms with Crippen LogP contribution in [0.25, 0.3) is 0 Å². The second-order valence-electron chi connectivity index (χ2n) is 12.2. The van der Waals surface area contributed by atoms with Crippen molar-refractivity contribution in [2.75, 3.05) is 19.1 Å². The minimum absolute atomic E-state index is 0.0778. The standard InChI is InChI=1S/C35H31Cl2N3O7/c1-3-47-28-14-17(4-13-27(28)41)30-21-10-11-22-29(32(43)38-31(22)42)23(21)16-24-33(44)40(39-26-12-7-19(36)15-25(26)37)34(45)35(24,30)18-5-8-20(46-2)9-6-18/h4-10,12-15,22-24,29-30,39,41H,3,11,16H2,1-2H3,(H,38,42,43). The highest BCUT2D eigenvalue weighted by molar-refractivity contribution is 6.36. The molecule has 2 aliphatic carbocycles. The Morgan fingerprint density at radius 2 is 1.77 bits per heavy atom. The number of phenolic OH excluding ortho intramolecular Hbond substituents is 1. The second kappa shape index (κ2) is 11.6. The maximum absolute atomic E-state index is 15.2. The Morgan fingerprint density at radius 1 is 1.00 bits per heavy atom. The molecule has 3 N–H and O–H groups in total. The van der Waals surface area contributed by atoms with Crippen LogP contribution in [0.15, 0.2) is 72.3 Å². The predicted molar refractivity (Wildman–Crippen MR) is 173 cm³/mol. The number of fused-ring (bicyclic) bond motifs is 4. The summed E-state index contributed by atoms with van der Waals surface area (Å²) in [6, 6.07) is 16.6. The van der Waals surface area contributed by atoms with Gasteiger partial charge in [-0.15, -0.1) is 0 Å². The van der Waals surface area contributed by atoms with Crippen molar-refractivity contribution in [1.82, 2.24) is 10.3 Å². The molecule has 4 aliphatic rings. The summed E-state index contributed by atoms with van der Waals surface area (Å²) < 4.78 is 11.2. The maximum Gasteiger partial charge on any atom is 0.260 e. The van der Waals surface area contributed by atoms with E-state index in [1.165, 1.54) is 12.1 Å². The third-order valence-electron chi connectivity index (χ3n) is 10.0. The van der Waals surface area contributed by atoms with Crippen molar-refractivity contribution in [3.05, 3.63) is 93.5 Å². The first-order chi connectivity index (χ1) is 22.6. The van der Waals surface area contributed by atoms with E-state index < -0.39 is 46.8 Å². The van der Waals surface area contributed by atoms with E-state index in [0.717, 1.165) is 10.6 Å². The van der Waals surface area contributed by atoms with Gasteiger partial charge in [0.1, 0.15) is 5.75 Å². The van der Waals surface area contributed by atoms with Crippen molar-refractivity contribution in [3.8, 4) is 17.2 Å². The van der Waals surface area contributed by atoms with Crippen molar-refractivity contribution < 1.29 is 33.8 Å². The molecule has 12 heteroatoms. The number of rotatable bonds is 7. The lowest BCUT2D eigenvalue weighted by molar-refractivity contribution is -0.138. The van der Waals surface area contributed by atoms with Crippen LogP contribution >= 0.6 is 23.2 Å². The van der Waals surface area contributed by atoms with Crippen LogP contribution in [0.3, 0.4) is 0 Å². The number of amides is 4. The summed E-state index contributed by atoms with van der Waals surface area (Å²) in [5.41, 5.74) is 3.72. The number of aromatic hydroxyl groups is 1. The van der Waals surface area contributed by atoms with Gasteiger partial charge < -0.3 is 14.6 Å². The first kappa shape index (κ1) is 31.1. The van der Waals surface area contributed by atoms with Gasteiger partial charge in [0.25, 0.3) is 11.8 Å². The molecule has 4 amide bonds. The van der Waals surface area contributed by atoms with Gasteiger partial charge in [-0.25, -0.2) is 0 Å². The number of nitrogens with zero attached hydrogens (tertiary/aromatic N) is 1. The first-order valence-electron chi connectivity index (χ1n) is 15.3. The van der Waals surface area contributed by atoms with E-state index >= 15 is 4.79 Å². The van der Waals surface area contributed by atoms with E-state index in [2.05, 4.69) is 10.7 Å². The topological polar surface area (TPSA) is 134 Å². The van der Waals surface area contributed by atoms with Crippen LogP contribution in [0.2, 0.25) is 10.0 Å². The molecule has 3 fully saturated rings. The van der Waals surface area contributed by atoms with E-state index in [0.29, 0.717) is 34.0 Å². The molecule has 0 bridgehead atoms. The van der Waals surface area contributed by atoms with Crippen molar-refractivity contribution in [3.63, 3.8) is 0 Å². The molecule has 7 rings (SSSR count). The van der Waals surface area contributed by atoms with E-state index in [1.54, 1.807) is 62.6 Å². The highest BCUT2D eigenvalue weighted by atomic mass is 35.5. The lowest BCUT2D eigenvalue weighted by Crippen LogP contribution is -2.53. The quantitative estimate of drug-likeness (QED) is 0.225. The highest BCUT2D eigenvalue weighted by Crippen LogP contribution is 2.64. The van der Waals surface area contributed by atoms with Crippen LogP contribution in [-0.2, 0) is 24.6 Å². The van der Waals surface area contributed by atoms with Gasteiger partial charge in [-0.3, -0.25) is 29.9 Å². The molecule has 6 atom stereocenters. The zero-order valence-electron chi connectivity index (χ0n) is 25.5. The summed E-state index contributed by atoms with van der Waals surface area (Å²) >= 11 is 12.6. The predicted octanol–water partition coefficient (Wildman–Crippen LogP) is 5.38. The van der Waals surface area contributed by atoms with Gasteiger partial charge in [-0.2, -0.15) is 5.01 Å². The number of carbonyl (C=O) groups is 4. The fraction of sp³-hybridized carbons (Fsp3) is 0.314. The van der Waals surface area contributed by atoms with E-state index in [1.807, 2.05) is 6.08 Å². The lowest BCUT2D eigenvalue weighted by atomic mass is 9.49. The van der Waals surface area contributed by atoms with Gasteiger partial charge in [0.2, 0.25) is 11.8 Å². The number of nitrogens with one attached hydrogen (secondary N) is 2. The molecule has 2 saturated heterocycles. The van der Waals surface area contributed by atoms with E-state index in [4.69, 9.17) is 32.7 Å². The average molecular weight is 677 g/mol. The summed E-state index contributed by atoms with van der Waals surface area (Å²) in [6.45, 7) is 2.07. The fourth-order valence-corrected chi connectivity index (χ4v) is 8.56. The molecule has 6 unspecified atom stereocenters. The van der Waals surface area contributed by atoms with Crippen molar-refractivity contribution in [2.45, 2.75) is 31.1 Å². The van der Waals surface area contributed by atoms with E-state index in [9.17, 15) is 19.5 Å². The number of allylic oxidation sites excluding steroid dienone is 2. The number of hydrazine groups is 1. The van der Waals surface area contributed by atoms with Crippen LogP contribution in [0.1, 0.15) is 36.8 Å². The van der Waals surface area contributed by atoms with Gasteiger partial charge in [-0.05, 0) is 79.3 Å². The number of carbonyl (C=O) groups excluding carboxylic acids is 4. The Morgan fingerprint density at radius 3 is 2.47 bits per heavy atom. The average Bonchev–Trinajstić information content (AvgIpc) is 3.47. The smallest absolute Gasteiger partial charge is 0.260 e. The summed E-state index contributed by atoms with van der Waals surface area (Å²) in [6.07, 6.45) is 2.39. The molecular weight excluding hydrogens is 645 g/mol. The van der Waals surface area contributed by atoms with Gasteiger partial charge in [0.15, 0.2) is 11.5 Å². The van der Waals surface area contributed by atoms with Crippen LogP contribution in [0.5, 0.6) is 17.2 Å². The van der Waals surface area contributed by atoms with Crippen LogP contribution in [-0.4, -0.2) is 47.5 Å². The molecule has 3 aromatic rings. The third-order valence-corrected chi connectivity index (χ3v) is 10.6. The Hall–Kier alpha value is -4.54. The Labute approximate surface area is 280 Å². The van der Waals surface area contributed by atoms with Crippen molar-refractivity contribution in [2.24, 2.45) is 23.7 Å². The Bertz CT molecular complexity index is 1860. The lowest BCUT2D eigenvalue weighted by Gasteiger charge is -2.50. The molecule has 10 nitrogen and oxygen atoms in total. The summed E-state index contributed by atoms with van der Waals surface area (Å²) in [7, 11) is 1.54. The van der Waals surface area contributed by atoms with Gasteiger partial charge in [-0.1, -0.05) is 53.1 Å². The zero-order valence-corrected chi connectivity index (χ0v) is 27.0. The Balaban J connectivity index is 1.48. The molecule has 242 valence electrons.